The van der Waals surface area contributed by atoms with Crippen LogP contribution in [0, 0.1) is 13.8 Å². The standard InChI is InChI=1S/C14H15NO/c1-11-7-12(2)9-14(8-11)16-10-13-3-5-15-6-4-13/h3-9H,10H2,1-2H3. The van der Waals surface area contributed by atoms with Gasteiger partial charge in [-0.3, -0.25) is 4.98 Å². The van der Waals surface area contributed by atoms with Crippen molar-refractivity contribution in [3.05, 3.63) is 59.4 Å². The normalized spacial score (nSPS) is 10.1. The molecule has 82 valence electrons. The van der Waals surface area contributed by atoms with Crippen molar-refractivity contribution in [3.8, 4) is 5.75 Å². The first-order chi connectivity index (χ1) is 7.74. The smallest absolute Gasteiger partial charge is 0.120 e. The zero-order valence-corrected chi connectivity index (χ0v) is 9.60. The van der Waals surface area contributed by atoms with Crippen LogP contribution in [-0.4, -0.2) is 4.98 Å². The van der Waals surface area contributed by atoms with Gasteiger partial charge in [-0.25, -0.2) is 0 Å². The molecule has 1 aromatic heterocycles. The molecule has 0 unspecified atom stereocenters. The van der Waals surface area contributed by atoms with Gasteiger partial charge in [0.25, 0.3) is 0 Å². The zero-order chi connectivity index (χ0) is 11.4. The molecule has 1 aromatic carbocycles. The molecule has 0 fully saturated rings. The highest BCUT2D eigenvalue weighted by atomic mass is 16.5. The molecule has 0 spiro atoms. The fourth-order valence-corrected chi connectivity index (χ4v) is 1.66. The zero-order valence-electron chi connectivity index (χ0n) is 9.60. The topological polar surface area (TPSA) is 22.1 Å². The van der Waals surface area contributed by atoms with E-state index in [0.717, 1.165) is 11.3 Å². The maximum atomic E-state index is 5.73. The molecule has 1 heterocycles. The van der Waals surface area contributed by atoms with Crippen molar-refractivity contribution in [1.29, 1.82) is 0 Å². The number of hydrogen-bond donors (Lipinski definition) is 0. The minimum absolute atomic E-state index is 0.589. The molecule has 16 heavy (non-hydrogen) atoms. The second-order valence-electron chi connectivity index (χ2n) is 3.97. The largest absolute Gasteiger partial charge is 0.489 e. The van der Waals surface area contributed by atoms with E-state index >= 15 is 0 Å². The summed E-state index contributed by atoms with van der Waals surface area (Å²) in [4.78, 5) is 3.97. The highest BCUT2D eigenvalue weighted by molar-refractivity contribution is 5.33. The van der Waals surface area contributed by atoms with Crippen LogP contribution in [0.3, 0.4) is 0 Å². The van der Waals surface area contributed by atoms with Gasteiger partial charge in [0.1, 0.15) is 12.4 Å². The Balaban J connectivity index is 2.05. The van der Waals surface area contributed by atoms with Gasteiger partial charge in [-0.15, -0.1) is 0 Å². The molecule has 2 heteroatoms. The highest BCUT2D eigenvalue weighted by Gasteiger charge is 1.97. The SMILES string of the molecule is Cc1cc(C)cc(OCc2ccncc2)c1. The lowest BCUT2D eigenvalue weighted by atomic mass is 10.1. The van der Waals surface area contributed by atoms with Crippen LogP contribution >= 0.6 is 0 Å². The summed E-state index contributed by atoms with van der Waals surface area (Å²) in [6.07, 6.45) is 3.56. The van der Waals surface area contributed by atoms with E-state index in [2.05, 4.69) is 24.9 Å². The number of rotatable bonds is 3. The Labute approximate surface area is 95.9 Å². The van der Waals surface area contributed by atoms with E-state index in [0.29, 0.717) is 6.61 Å². The molecule has 0 radical (unpaired) electrons. The summed E-state index contributed by atoms with van der Waals surface area (Å²) >= 11 is 0. The molecule has 0 N–H and O–H groups in total. The quantitative estimate of drug-likeness (QED) is 0.780. The van der Waals surface area contributed by atoms with Crippen LogP contribution in [-0.2, 0) is 6.61 Å². The summed E-state index contributed by atoms with van der Waals surface area (Å²) in [5.41, 5.74) is 3.59. The Morgan fingerprint density at radius 1 is 1.00 bits per heavy atom. The van der Waals surface area contributed by atoms with E-state index in [1.165, 1.54) is 11.1 Å². The van der Waals surface area contributed by atoms with Crippen LogP contribution in [0.2, 0.25) is 0 Å². The second-order valence-corrected chi connectivity index (χ2v) is 3.97. The van der Waals surface area contributed by atoms with E-state index < -0.39 is 0 Å². The van der Waals surface area contributed by atoms with Crippen LogP contribution in [0.25, 0.3) is 0 Å². The average molecular weight is 213 g/mol. The molecule has 0 aliphatic heterocycles. The first-order valence-electron chi connectivity index (χ1n) is 5.34. The Bertz CT molecular complexity index is 445. The van der Waals surface area contributed by atoms with Crippen molar-refractivity contribution < 1.29 is 4.74 Å². The number of aromatic nitrogens is 1. The maximum Gasteiger partial charge on any atom is 0.120 e. The van der Waals surface area contributed by atoms with Crippen molar-refractivity contribution in [2.45, 2.75) is 20.5 Å². The molecular weight excluding hydrogens is 198 g/mol. The third-order valence-corrected chi connectivity index (χ3v) is 2.35. The average Bonchev–Trinajstić information content (AvgIpc) is 2.27. The first kappa shape index (κ1) is 10.7. The molecule has 2 aromatic rings. The van der Waals surface area contributed by atoms with E-state index in [1.807, 2.05) is 24.3 Å². The van der Waals surface area contributed by atoms with Gasteiger partial charge in [0, 0.05) is 12.4 Å². The summed E-state index contributed by atoms with van der Waals surface area (Å²) < 4.78 is 5.73. The van der Waals surface area contributed by atoms with Crippen molar-refractivity contribution >= 4 is 0 Å². The molecule has 0 aliphatic rings. The Morgan fingerprint density at radius 3 is 2.25 bits per heavy atom. The Hall–Kier alpha value is -1.83. The molecule has 0 saturated carbocycles. The fraction of sp³-hybridized carbons (Fsp3) is 0.214. The second kappa shape index (κ2) is 4.79. The predicted octanol–water partition coefficient (Wildman–Crippen LogP) is 3.28. The lowest BCUT2D eigenvalue weighted by Crippen LogP contribution is -1.96. The number of hydrogen-bond acceptors (Lipinski definition) is 2. The molecular formula is C14H15NO. The summed E-state index contributed by atoms with van der Waals surface area (Å²) in [5.74, 6) is 0.925. The number of nitrogens with zero attached hydrogens (tertiary/aromatic N) is 1. The molecule has 2 rings (SSSR count). The number of ether oxygens (including phenoxy) is 1. The Kier molecular flexibility index (Phi) is 3.20. The van der Waals surface area contributed by atoms with Gasteiger partial charge in [-0.1, -0.05) is 6.07 Å². The minimum atomic E-state index is 0.589. The molecule has 0 bridgehead atoms. The van der Waals surface area contributed by atoms with Gasteiger partial charge >= 0.3 is 0 Å². The molecule has 2 nitrogen and oxygen atoms in total. The summed E-state index contributed by atoms with van der Waals surface area (Å²) in [5, 5.41) is 0. The van der Waals surface area contributed by atoms with Gasteiger partial charge in [-0.05, 0) is 54.8 Å². The summed E-state index contributed by atoms with van der Waals surface area (Å²) in [6, 6.07) is 10.2. The third-order valence-electron chi connectivity index (χ3n) is 2.35. The number of aryl methyl sites for hydroxylation is 2. The molecule has 0 amide bonds. The summed E-state index contributed by atoms with van der Waals surface area (Å²) in [7, 11) is 0. The van der Waals surface area contributed by atoms with Crippen molar-refractivity contribution in [2.24, 2.45) is 0 Å². The van der Waals surface area contributed by atoms with Gasteiger partial charge < -0.3 is 4.74 Å². The lowest BCUT2D eigenvalue weighted by Gasteiger charge is -2.08. The minimum Gasteiger partial charge on any atom is -0.489 e. The van der Waals surface area contributed by atoms with Crippen molar-refractivity contribution in [3.63, 3.8) is 0 Å². The maximum absolute atomic E-state index is 5.73. The van der Waals surface area contributed by atoms with E-state index in [1.54, 1.807) is 12.4 Å². The van der Waals surface area contributed by atoms with Gasteiger partial charge in [0.2, 0.25) is 0 Å². The van der Waals surface area contributed by atoms with Gasteiger partial charge in [-0.2, -0.15) is 0 Å². The van der Waals surface area contributed by atoms with E-state index in [-0.39, 0.29) is 0 Å². The third kappa shape index (κ3) is 2.83. The molecule has 0 atom stereocenters. The van der Waals surface area contributed by atoms with Crippen molar-refractivity contribution in [1.82, 2.24) is 4.98 Å². The van der Waals surface area contributed by atoms with Gasteiger partial charge in [0.05, 0.1) is 0 Å². The van der Waals surface area contributed by atoms with Crippen LogP contribution in [0.4, 0.5) is 0 Å². The number of benzene rings is 1. The molecule has 0 aliphatic carbocycles. The van der Waals surface area contributed by atoms with E-state index in [4.69, 9.17) is 4.74 Å². The van der Waals surface area contributed by atoms with Crippen LogP contribution < -0.4 is 4.74 Å². The monoisotopic (exact) mass is 213 g/mol. The highest BCUT2D eigenvalue weighted by Crippen LogP contribution is 2.17. The van der Waals surface area contributed by atoms with Crippen LogP contribution in [0.1, 0.15) is 16.7 Å². The van der Waals surface area contributed by atoms with E-state index in [9.17, 15) is 0 Å². The van der Waals surface area contributed by atoms with Crippen LogP contribution in [0.15, 0.2) is 42.7 Å². The first-order valence-corrected chi connectivity index (χ1v) is 5.34. The number of pyridine rings is 1. The van der Waals surface area contributed by atoms with Gasteiger partial charge in [0.15, 0.2) is 0 Å². The van der Waals surface area contributed by atoms with Crippen molar-refractivity contribution in [2.75, 3.05) is 0 Å². The molecule has 0 saturated heterocycles. The Morgan fingerprint density at radius 2 is 1.62 bits per heavy atom. The summed E-state index contributed by atoms with van der Waals surface area (Å²) in [6.45, 7) is 4.74. The van der Waals surface area contributed by atoms with Crippen LogP contribution in [0.5, 0.6) is 5.75 Å². The lowest BCUT2D eigenvalue weighted by molar-refractivity contribution is 0.305. The predicted molar refractivity (Wildman–Crippen MR) is 64.5 cm³/mol. The fourth-order valence-electron chi connectivity index (χ4n) is 1.66.